The molecule has 0 saturated carbocycles. The van der Waals surface area contributed by atoms with Crippen molar-refractivity contribution < 1.29 is 18.3 Å². The number of halogens is 3. The predicted octanol–water partition coefficient (Wildman–Crippen LogP) is 3.96. The van der Waals surface area contributed by atoms with Gasteiger partial charge in [0.1, 0.15) is 16.9 Å². The lowest BCUT2D eigenvalue weighted by molar-refractivity contribution is 0.154. The molecule has 7 heteroatoms. The summed E-state index contributed by atoms with van der Waals surface area (Å²) in [6, 6.07) is 3.99. The number of ether oxygens (including phenoxy) is 1. The SMILES string of the molecule is CCOC(=O)n1cc(C#N)c(-c2ccc(F)c(Cl)c2F)c1. The van der Waals surface area contributed by atoms with Gasteiger partial charge in [-0.3, -0.25) is 4.57 Å². The number of hydrogen-bond acceptors (Lipinski definition) is 3. The molecule has 1 aromatic heterocycles. The molecule has 0 amide bonds. The van der Waals surface area contributed by atoms with Gasteiger partial charge in [0.25, 0.3) is 0 Å². The van der Waals surface area contributed by atoms with Gasteiger partial charge in [0.15, 0.2) is 5.82 Å². The van der Waals surface area contributed by atoms with Gasteiger partial charge in [-0.15, -0.1) is 0 Å². The van der Waals surface area contributed by atoms with E-state index in [0.29, 0.717) is 0 Å². The molecule has 0 aliphatic rings. The molecule has 21 heavy (non-hydrogen) atoms. The number of nitrogens with zero attached hydrogens (tertiary/aromatic N) is 2. The van der Waals surface area contributed by atoms with E-state index in [1.807, 2.05) is 6.07 Å². The van der Waals surface area contributed by atoms with Gasteiger partial charge >= 0.3 is 6.09 Å². The Kier molecular flexibility index (Phi) is 4.24. The Balaban J connectivity index is 2.57. The van der Waals surface area contributed by atoms with Gasteiger partial charge in [-0.2, -0.15) is 5.26 Å². The van der Waals surface area contributed by atoms with Crippen LogP contribution in [0.1, 0.15) is 12.5 Å². The van der Waals surface area contributed by atoms with Crippen molar-refractivity contribution in [1.29, 1.82) is 5.26 Å². The Morgan fingerprint density at radius 3 is 2.71 bits per heavy atom. The highest BCUT2D eigenvalue weighted by Gasteiger charge is 2.19. The van der Waals surface area contributed by atoms with E-state index in [1.165, 1.54) is 12.4 Å². The number of nitriles is 1. The van der Waals surface area contributed by atoms with Crippen molar-refractivity contribution in [3.63, 3.8) is 0 Å². The molecule has 0 saturated heterocycles. The van der Waals surface area contributed by atoms with Gasteiger partial charge in [0.2, 0.25) is 0 Å². The zero-order valence-corrected chi connectivity index (χ0v) is 11.6. The Labute approximate surface area is 124 Å². The molecule has 1 heterocycles. The van der Waals surface area contributed by atoms with Crippen LogP contribution in [0.15, 0.2) is 24.5 Å². The Bertz CT molecular complexity index is 750. The van der Waals surface area contributed by atoms with E-state index in [0.717, 1.165) is 16.7 Å². The van der Waals surface area contributed by atoms with Gasteiger partial charge in [-0.25, -0.2) is 13.6 Å². The monoisotopic (exact) mass is 310 g/mol. The maximum atomic E-state index is 14.0. The number of aromatic nitrogens is 1. The highest BCUT2D eigenvalue weighted by atomic mass is 35.5. The molecular weight excluding hydrogens is 302 g/mol. The molecule has 0 N–H and O–H groups in total. The minimum Gasteiger partial charge on any atom is -0.449 e. The minimum absolute atomic E-state index is 0.0460. The zero-order valence-electron chi connectivity index (χ0n) is 10.9. The topological polar surface area (TPSA) is 55.0 Å². The van der Waals surface area contributed by atoms with Crippen LogP contribution in [0, 0.1) is 23.0 Å². The maximum absolute atomic E-state index is 14.0. The second-order valence-electron chi connectivity index (χ2n) is 4.03. The molecule has 0 atom stereocenters. The van der Waals surface area contributed by atoms with E-state index >= 15 is 0 Å². The summed E-state index contributed by atoms with van der Waals surface area (Å²) in [5.41, 5.74) is 0.107. The molecule has 0 aliphatic carbocycles. The molecule has 108 valence electrons. The maximum Gasteiger partial charge on any atom is 0.417 e. The average Bonchev–Trinajstić information content (AvgIpc) is 2.89. The van der Waals surface area contributed by atoms with Crippen molar-refractivity contribution in [3.05, 3.63) is 46.7 Å². The lowest BCUT2D eigenvalue weighted by atomic mass is 10.0. The summed E-state index contributed by atoms with van der Waals surface area (Å²) in [5, 5.41) is 8.41. The lowest BCUT2D eigenvalue weighted by Gasteiger charge is -2.04. The molecule has 4 nitrogen and oxygen atoms in total. The Morgan fingerprint density at radius 2 is 2.10 bits per heavy atom. The molecule has 0 spiro atoms. The van der Waals surface area contributed by atoms with Crippen LogP contribution >= 0.6 is 11.6 Å². The number of hydrogen-bond donors (Lipinski definition) is 0. The number of carbonyl (C=O) groups excluding carboxylic acids is 1. The minimum atomic E-state index is -0.991. The van der Waals surface area contributed by atoms with Crippen molar-refractivity contribution in [1.82, 2.24) is 4.57 Å². The summed E-state index contributed by atoms with van der Waals surface area (Å²) in [5.74, 6) is -1.89. The third-order valence-electron chi connectivity index (χ3n) is 2.75. The first-order valence-corrected chi connectivity index (χ1v) is 6.30. The molecule has 0 unspecified atom stereocenters. The van der Waals surface area contributed by atoms with Crippen molar-refractivity contribution in [3.8, 4) is 17.2 Å². The first kappa shape index (κ1) is 15.0. The van der Waals surface area contributed by atoms with Crippen LogP contribution in [0.2, 0.25) is 5.02 Å². The summed E-state index contributed by atoms with van der Waals surface area (Å²) < 4.78 is 33.0. The zero-order chi connectivity index (χ0) is 15.6. The fraction of sp³-hybridized carbons (Fsp3) is 0.143. The van der Waals surface area contributed by atoms with E-state index in [1.54, 1.807) is 6.92 Å². The van der Waals surface area contributed by atoms with Gasteiger partial charge in [-0.05, 0) is 19.1 Å². The van der Waals surface area contributed by atoms with E-state index < -0.39 is 22.8 Å². The van der Waals surface area contributed by atoms with Crippen LogP contribution in [0.3, 0.4) is 0 Å². The summed E-state index contributed by atoms with van der Waals surface area (Å²) in [6.45, 7) is 1.79. The largest absolute Gasteiger partial charge is 0.449 e. The highest BCUT2D eigenvalue weighted by molar-refractivity contribution is 6.31. The molecule has 2 rings (SSSR count). The number of benzene rings is 1. The fourth-order valence-electron chi connectivity index (χ4n) is 1.80. The summed E-state index contributed by atoms with van der Waals surface area (Å²) in [7, 11) is 0. The summed E-state index contributed by atoms with van der Waals surface area (Å²) >= 11 is 5.52. The van der Waals surface area contributed by atoms with Crippen LogP contribution in [0.5, 0.6) is 0 Å². The van der Waals surface area contributed by atoms with Crippen LogP contribution < -0.4 is 0 Å². The fourth-order valence-corrected chi connectivity index (χ4v) is 1.96. The first-order chi connectivity index (χ1) is 9.99. The molecule has 2 aromatic rings. The second-order valence-corrected chi connectivity index (χ2v) is 4.40. The lowest BCUT2D eigenvalue weighted by Crippen LogP contribution is -2.11. The van der Waals surface area contributed by atoms with Gasteiger partial charge < -0.3 is 4.74 Å². The third-order valence-corrected chi connectivity index (χ3v) is 3.10. The Hall–Kier alpha value is -2.39. The highest BCUT2D eigenvalue weighted by Crippen LogP contribution is 2.32. The van der Waals surface area contributed by atoms with Crippen LogP contribution in [0.4, 0.5) is 13.6 Å². The summed E-state index contributed by atoms with van der Waals surface area (Å²) in [6.07, 6.45) is 1.75. The number of rotatable bonds is 2. The molecule has 0 radical (unpaired) electrons. The number of carbonyl (C=O) groups is 1. The predicted molar refractivity (Wildman–Crippen MR) is 71.9 cm³/mol. The van der Waals surface area contributed by atoms with Crippen LogP contribution in [-0.4, -0.2) is 17.3 Å². The molecule has 0 bridgehead atoms. The van der Waals surface area contributed by atoms with Crippen molar-refractivity contribution in [2.45, 2.75) is 6.92 Å². The van der Waals surface area contributed by atoms with Crippen LogP contribution in [0.25, 0.3) is 11.1 Å². The molecular formula is C14H9ClF2N2O2. The van der Waals surface area contributed by atoms with Crippen molar-refractivity contribution in [2.24, 2.45) is 0 Å². The average molecular weight is 311 g/mol. The van der Waals surface area contributed by atoms with Gasteiger partial charge in [0.05, 0.1) is 12.2 Å². The smallest absolute Gasteiger partial charge is 0.417 e. The molecule has 0 fully saturated rings. The van der Waals surface area contributed by atoms with Crippen LogP contribution in [-0.2, 0) is 4.74 Å². The summed E-state index contributed by atoms with van der Waals surface area (Å²) in [4.78, 5) is 11.6. The van der Waals surface area contributed by atoms with Gasteiger partial charge in [-0.1, -0.05) is 11.6 Å². The molecule has 1 aromatic carbocycles. The Morgan fingerprint density at radius 1 is 1.38 bits per heavy atom. The van der Waals surface area contributed by atoms with Gasteiger partial charge in [0, 0.05) is 23.5 Å². The molecule has 0 aliphatic heterocycles. The third kappa shape index (κ3) is 2.73. The van der Waals surface area contributed by atoms with Crippen molar-refractivity contribution >= 4 is 17.7 Å². The van der Waals surface area contributed by atoms with E-state index in [-0.39, 0.29) is 23.3 Å². The normalized spacial score (nSPS) is 10.2. The van der Waals surface area contributed by atoms with E-state index in [2.05, 4.69) is 0 Å². The van der Waals surface area contributed by atoms with E-state index in [9.17, 15) is 13.6 Å². The standard InChI is InChI=1S/C14H9ClF2N2O2/c1-2-21-14(20)19-6-8(5-18)10(7-19)9-3-4-11(16)12(15)13(9)17/h3-4,6-7H,2H2,1H3. The second kappa shape index (κ2) is 5.94. The van der Waals surface area contributed by atoms with E-state index in [4.69, 9.17) is 21.6 Å². The van der Waals surface area contributed by atoms with Crippen molar-refractivity contribution in [2.75, 3.05) is 6.61 Å². The first-order valence-electron chi connectivity index (χ1n) is 5.92. The quantitative estimate of drug-likeness (QED) is 0.789.